The van der Waals surface area contributed by atoms with E-state index in [1.807, 2.05) is 0 Å². The summed E-state index contributed by atoms with van der Waals surface area (Å²) in [5.41, 5.74) is 5.25. The van der Waals surface area contributed by atoms with Gasteiger partial charge in [0.15, 0.2) is 0 Å². The van der Waals surface area contributed by atoms with Crippen molar-refractivity contribution in [3.8, 4) is 0 Å². The van der Waals surface area contributed by atoms with Crippen LogP contribution in [0.4, 0.5) is 10.1 Å². The SMILES string of the molecule is CNS(=O)(=O)c1cc(Br)c(F)cc1N. The van der Waals surface area contributed by atoms with Gasteiger partial charge in [-0.05, 0) is 35.1 Å². The highest BCUT2D eigenvalue weighted by atomic mass is 79.9. The molecule has 0 radical (unpaired) electrons. The van der Waals surface area contributed by atoms with Gasteiger partial charge in [-0.3, -0.25) is 0 Å². The van der Waals surface area contributed by atoms with Gasteiger partial charge in [0, 0.05) is 0 Å². The Morgan fingerprint density at radius 2 is 2.07 bits per heavy atom. The van der Waals surface area contributed by atoms with E-state index in [-0.39, 0.29) is 15.1 Å². The molecule has 1 rings (SSSR count). The molecule has 78 valence electrons. The summed E-state index contributed by atoms with van der Waals surface area (Å²) >= 11 is 2.88. The summed E-state index contributed by atoms with van der Waals surface area (Å²) in [5.74, 6) is -0.599. The fourth-order valence-corrected chi connectivity index (χ4v) is 2.24. The molecular weight excluding hydrogens is 275 g/mol. The molecule has 0 aliphatic carbocycles. The molecule has 0 aliphatic heterocycles. The lowest BCUT2D eigenvalue weighted by Gasteiger charge is -2.06. The number of hydrogen-bond donors (Lipinski definition) is 2. The summed E-state index contributed by atoms with van der Waals surface area (Å²) in [7, 11) is -2.38. The van der Waals surface area contributed by atoms with Crippen molar-refractivity contribution >= 4 is 31.6 Å². The van der Waals surface area contributed by atoms with Crippen LogP contribution in [-0.4, -0.2) is 15.5 Å². The molecule has 0 saturated heterocycles. The summed E-state index contributed by atoms with van der Waals surface area (Å²) in [6.45, 7) is 0. The maximum atomic E-state index is 12.9. The van der Waals surface area contributed by atoms with Crippen LogP contribution in [0.5, 0.6) is 0 Å². The molecule has 7 heteroatoms. The molecule has 0 unspecified atom stereocenters. The molecule has 0 saturated carbocycles. The lowest BCUT2D eigenvalue weighted by molar-refractivity contribution is 0.587. The van der Waals surface area contributed by atoms with Gasteiger partial charge in [-0.2, -0.15) is 0 Å². The van der Waals surface area contributed by atoms with E-state index in [1.54, 1.807) is 0 Å². The summed E-state index contributed by atoms with van der Waals surface area (Å²) in [4.78, 5) is -0.145. The minimum absolute atomic E-state index is 0.0560. The lowest BCUT2D eigenvalue weighted by atomic mass is 10.3. The first-order valence-electron chi connectivity index (χ1n) is 3.56. The number of nitrogens with two attached hydrogens (primary N) is 1. The number of nitrogen functional groups attached to an aromatic ring is 1. The minimum atomic E-state index is -3.64. The zero-order valence-corrected chi connectivity index (χ0v) is 9.62. The predicted molar refractivity (Wildman–Crippen MR) is 54.8 cm³/mol. The van der Waals surface area contributed by atoms with E-state index in [0.29, 0.717) is 0 Å². The van der Waals surface area contributed by atoms with Gasteiger partial charge in [0.25, 0.3) is 0 Å². The van der Waals surface area contributed by atoms with Gasteiger partial charge in [0.05, 0.1) is 10.2 Å². The van der Waals surface area contributed by atoms with Gasteiger partial charge < -0.3 is 5.73 Å². The Kier molecular flexibility index (Phi) is 3.13. The Morgan fingerprint density at radius 1 is 1.50 bits per heavy atom. The highest BCUT2D eigenvalue weighted by Gasteiger charge is 2.17. The maximum absolute atomic E-state index is 12.9. The molecule has 0 aromatic heterocycles. The number of anilines is 1. The van der Waals surface area contributed by atoms with Crippen LogP contribution < -0.4 is 10.5 Å². The first-order valence-corrected chi connectivity index (χ1v) is 5.84. The van der Waals surface area contributed by atoms with E-state index in [2.05, 4.69) is 20.7 Å². The van der Waals surface area contributed by atoms with Crippen LogP contribution in [0.1, 0.15) is 0 Å². The van der Waals surface area contributed by atoms with Crippen LogP contribution >= 0.6 is 15.9 Å². The van der Waals surface area contributed by atoms with Crippen molar-refractivity contribution < 1.29 is 12.8 Å². The number of rotatable bonds is 2. The molecule has 0 amide bonds. The lowest BCUT2D eigenvalue weighted by Crippen LogP contribution is -2.20. The first kappa shape index (κ1) is 11.4. The van der Waals surface area contributed by atoms with Crippen LogP contribution in [-0.2, 0) is 10.0 Å². The molecule has 1 aromatic carbocycles. The van der Waals surface area contributed by atoms with E-state index >= 15 is 0 Å². The summed E-state index contributed by atoms with van der Waals surface area (Å²) in [6.07, 6.45) is 0. The van der Waals surface area contributed by atoms with Gasteiger partial charge in [-0.15, -0.1) is 0 Å². The second kappa shape index (κ2) is 3.84. The van der Waals surface area contributed by atoms with E-state index in [9.17, 15) is 12.8 Å². The quantitative estimate of drug-likeness (QED) is 0.798. The highest BCUT2D eigenvalue weighted by molar-refractivity contribution is 9.10. The Bertz CT molecular complexity index is 461. The number of nitrogens with one attached hydrogen (secondary N) is 1. The molecular formula is C7H8BrFN2O2S. The summed E-state index contributed by atoms with van der Waals surface area (Å²) in [5, 5.41) is 0. The average Bonchev–Trinajstić information content (AvgIpc) is 2.11. The average molecular weight is 283 g/mol. The van der Waals surface area contributed by atoms with Crippen LogP contribution in [0.3, 0.4) is 0 Å². The third kappa shape index (κ3) is 2.05. The van der Waals surface area contributed by atoms with Crippen molar-refractivity contribution in [2.45, 2.75) is 4.90 Å². The van der Waals surface area contributed by atoms with Crippen LogP contribution in [0.25, 0.3) is 0 Å². The Labute approximate surface area is 89.5 Å². The monoisotopic (exact) mass is 282 g/mol. The molecule has 14 heavy (non-hydrogen) atoms. The van der Waals surface area contributed by atoms with E-state index < -0.39 is 15.8 Å². The van der Waals surface area contributed by atoms with Crippen LogP contribution in [0, 0.1) is 5.82 Å². The zero-order chi connectivity index (χ0) is 10.9. The topological polar surface area (TPSA) is 72.2 Å². The molecule has 0 spiro atoms. The van der Waals surface area contributed by atoms with Crippen molar-refractivity contribution in [2.24, 2.45) is 0 Å². The fourth-order valence-electron chi connectivity index (χ4n) is 0.887. The van der Waals surface area contributed by atoms with E-state index in [0.717, 1.165) is 12.1 Å². The Hall–Kier alpha value is -0.660. The Morgan fingerprint density at radius 3 is 2.57 bits per heavy atom. The molecule has 3 N–H and O–H groups in total. The smallest absolute Gasteiger partial charge is 0.242 e. The third-order valence-corrected chi connectivity index (χ3v) is 3.69. The third-order valence-electron chi connectivity index (χ3n) is 1.61. The zero-order valence-electron chi connectivity index (χ0n) is 7.21. The molecule has 1 aromatic rings. The van der Waals surface area contributed by atoms with Gasteiger partial charge in [0.1, 0.15) is 10.7 Å². The molecule has 0 bridgehead atoms. The van der Waals surface area contributed by atoms with Gasteiger partial charge in [-0.25, -0.2) is 17.5 Å². The van der Waals surface area contributed by atoms with Crippen molar-refractivity contribution in [3.63, 3.8) is 0 Å². The number of hydrogen-bond acceptors (Lipinski definition) is 3. The molecule has 4 nitrogen and oxygen atoms in total. The second-order valence-corrected chi connectivity index (χ2v) is 5.22. The van der Waals surface area contributed by atoms with Crippen LogP contribution in [0.15, 0.2) is 21.5 Å². The summed E-state index contributed by atoms with van der Waals surface area (Å²) in [6, 6.07) is 2.07. The van der Waals surface area contributed by atoms with E-state index in [1.165, 1.54) is 7.05 Å². The van der Waals surface area contributed by atoms with Crippen molar-refractivity contribution in [1.29, 1.82) is 0 Å². The minimum Gasteiger partial charge on any atom is -0.398 e. The van der Waals surface area contributed by atoms with Gasteiger partial charge >= 0.3 is 0 Å². The van der Waals surface area contributed by atoms with Crippen LogP contribution in [0.2, 0.25) is 0 Å². The van der Waals surface area contributed by atoms with E-state index in [4.69, 9.17) is 5.73 Å². The predicted octanol–water partition coefficient (Wildman–Crippen LogP) is 1.08. The van der Waals surface area contributed by atoms with Crippen molar-refractivity contribution in [3.05, 3.63) is 22.4 Å². The highest BCUT2D eigenvalue weighted by Crippen LogP contribution is 2.25. The number of halogens is 2. The number of benzene rings is 1. The van der Waals surface area contributed by atoms with Gasteiger partial charge in [-0.1, -0.05) is 0 Å². The second-order valence-electron chi connectivity index (χ2n) is 2.51. The molecule has 0 heterocycles. The molecule has 0 aliphatic rings. The van der Waals surface area contributed by atoms with Gasteiger partial charge in [0.2, 0.25) is 10.0 Å². The molecule has 0 fully saturated rings. The summed E-state index contributed by atoms with van der Waals surface area (Å²) < 4.78 is 37.8. The Balaban J connectivity index is 3.45. The van der Waals surface area contributed by atoms with Crippen molar-refractivity contribution in [2.75, 3.05) is 12.8 Å². The first-order chi connectivity index (χ1) is 6.38. The largest absolute Gasteiger partial charge is 0.398 e. The normalized spacial score (nSPS) is 11.6. The maximum Gasteiger partial charge on any atom is 0.242 e. The molecule has 0 atom stereocenters. The standard InChI is InChI=1S/C7H8BrFN2O2S/c1-11-14(12,13)7-2-4(8)5(9)3-6(7)10/h2-3,11H,10H2,1H3. The van der Waals surface area contributed by atoms with Crippen molar-refractivity contribution in [1.82, 2.24) is 4.72 Å². The fraction of sp³-hybridized carbons (Fsp3) is 0.143. The number of sulfonamides is 1.